The second kappa shape index (κ2) is 5.67. The third-order valence-corrected chi connectivity index (χ3v) is 1.83. The third-order valence-electron chi connectivity index (χ3n) is 1.83. The SMILES string of the molecule is COCC(C)NCc1cncc(F)c1. The number of aromatic nitrogens is 1. The minimum Gasteiger partial charge on any atom is -0.383 e. The summed E-state index contributed by atoms with van der Waals surface area (Å²) in [6.45, 7) is 3.26. The Balaban J connectivity index is 2.37. The van der Waals surface area contributed by atoms with Crippen molar-refractivity contribution >= 4 is 0 Å². The topological polar surface area (TPSA) is 34.1 Å². The number of halogens is 1. The summed E-state index contributed by atoms with van der Waals surface area (Å²) in [7, 11) is 1.65. The van der Waals surface area contributed by atoms with Crippen LogP contribution in [0.2, 0.25) is 0 Å². The highest BCUT2D eigenvalue weighted by atomic mass is 19.1. The Hall–Kier alpha value is -1.00. The van der Waals surface area contributed by atoms with Crippen molar-refractivity contribution < 1.29 is 9.13 Å². The second-order valence-corrected chi connectivity index (χ2v) is 3.25. The van der Waals surface area contributed by atoms with Gasteiger partial charge in [0.15, 0.2) is 0 Å². The number of nitrogens with one attached hydrogen (secondary N) is 1. The van der Waals surface area contributed by atoms with Crippen LogP contribution in [0.4, 0.5) is 4.39 Å². The molecule has 1 heterocycles. The van der Waals surface area contributed by atoms with Gasteiger partial charge in [-0.2, -0.15) is 0 Å². The Bertz CT molecular complexity index is 281. The maximum absolute atomic E-state index is 12.7. The van der Waals surface area contributed by atoms with Gasteiger partial charge in [0.05, 0.1) is 12.8 Å². The van der Waals surface area contributed by atoms with Crippen molar-refractivity contribution in [2.45, 2.75) is 19.5 Å². The van der Waals surface area contributed by atoms with Crippen molar-refractivity contribution in [3.05, 3.63) is 29.8 Å². The molecule has 1 rings (SSSR count). The van der Waals surface area contributed by atoms with Crippen molar-refractivity contribution in [3.8, 4) is 0 Å². The normalized spacial score (nSPS) is 12.8. The van der Waals surface area contributed by atoms with Crippen LogP contribution in [0.25, 0.3) is 0 Å². The van der Waals surface area contributed by atoms with Gasteiger partial charge in [0.2, 0.25) is 0 Å². The van der Waals surface area contributed by atoms with E-state index in [1.807, 2.05) is 6.92 Å². The largest absolute Gasteiger partial charge is 0.383 e. The number of pyridine rings is 1. The third kappa shape index (κ3) is 3.81. The number of hydrogen-bond acceptors (Lipinski definition) is 3. The molecule has 0 bridgehead atoms. The molecule has 1 N–H and O–H groups in total. The fraction of sp³-hybridized carbons (Fsp3) is 0.500. The molecule has 0 radical (unpaired) electrons. The molecule has 0 aliphatic heterocycles. The Morgan fingerprint density at radius 1 is 1.57 bits per heavy atom. The second-order valence-electron chi connectivity index (χ2n) is 3.25. The lowest BCUT2D eigenvalue weighted by Gasteiger charge is -2.12. The molecule has 1 aromatic rings. The van der Waals surface area contributed by atoms with Crippen LogP contribution < -0.4 is 5.32 Å². The lowest BCUT2D eigenvalue weighted by atomic mass is 10.2. The van der Waals surface area contributed by atoms with Crippen LogP contribution in [0.15, 0.2) is 18.5 Å². The summed E-state index contributed by atoms with van der Waals surface area (Å²) < 4.78 is 17.7. The van der Waals surface area contributed by atoms with Gasteiger partial charge in [-0.3, -0.25) is 4.98 Å². The van der Waals surface area contributed by atoms with E-state index in [9.17, 15) is 4.39 Å². The standard InChI is InChI=1S/C10H15FN2O/c1-8(7-14-2)13-5-9-3-10(11)6-12-4-9/h3-4,6,8,13H,5,7H2,1-2H3. The van der Waals surface area contributed by atoms with Crippen LogP contribution in [0, 0.1) is 5.82 Å². The van der Waals surface area contributed by atoms with Crippen LogP contribution in [-0.2, 0) is 11.3 Å². The van der Waals surface area contributed by atoms with Gasteiger partial charge >= 0.3 is 0 Å². The molecule has 0 aliphatic carbocycles. The molecule has 1 unspecified atom stereocenters. The highest BCUT2D eigenvalue weighted by Crippen LogP contribution is 2.00. The van der Waals surface area contributed by atoms with Gasteiger partial charge in [0.25, 0.3) is 0 Å². The average molecular weight is 198 g/mol. The zero-order chi connectivity index (χ0) is 10.4. The van der Waals surface area contributed by atoms with Gasteiger partial charge in [0.1, 0.15) is 5.82 Å². The number of methoxy groups -OCH3 is 1. The van der Waals surface area contributed by atoms with Gasteiger partial charge in [0, 0.05) is 25.9 Å². The smallest absolute Gasteiger partial charge is 0.141 e. The maximum atomic E-state index is 12.7. The molecule has 0 saturated carbocycles. The van der Waals surface area contributed by atoms with Gasteiger partial charge in [-0.1, -0.05) is 0 Å². The molecular weight excluding hydrogens is 183 g/mol. The average Bonchev–Trinajstić information content (AvgIpc) is 2.15. The van der Waals surface area contributed by atoms with Crippen LogP contribution >= 0.6 is 0 Å². The predicted molar refractivity (Wildman–Crippen MR) is 52.4 cm³/mol. The summed E-state index contributed by atoms with van der Waals surface area (Å²) in [5, 5.41) is 3.20. The van der Waals surface area contributed by atoms with Crippen LogP contribution in [0.1, 0.15) is 12.5 Å². The van der Waals surface area contributed by atoms with E-state index in [4.69, 9.17) is 4.74 Å². The zero-order valence-electron chi connectivity index (χ0n) is 8.46. The Labute approximate surface area is 83.3 Å². The molecular formula is C10H15FN2O. The summed E-state index contributed by atoms with van der Waals surface area (Å²) in [5.41, 5.74) is 0.841. The zero-order valence-corrected chi connectivity index (χ0v) is 8.46. The van der Waals surface area contributed by atoms with Gasteiger partial charge in [-0.05, 0) is 18.6 Å². The molecule has 3 nitrogen and oxygen atoms in total. The van der Waals surface area contributed by atoms with Crippen molar-refractivity contribution in [2.75, 3.05) is 13.7 Å². The van der Waals surface area contributed by atoms with Crippen LogP contribution in [0.5, 0.6) is 0 Å². The molecule has 0 aliphatic rings. The molecule has 78 valence electrons. The quantitative estimate of drug-likeness (QED) is 0.775. The number of nitrogens with zero attached hydrogens (tertiary/aromatic N) is 1. The van der Waals surface area contributed by atoms with E-state index in [0.717, 1.165) is 5.56 Å². The number of rotatable bonds is 5. The molecule has 0 spiro atoms. The summed E-state index contributed by atoms with van der Waals surface area (Å²) in [5.74, 6) is -0.302. The lowest BCUT2D eigenvalue weighted by molar-refractivity contribution is 0.171. The Morgan fingerprint density at radius 2 is 2.36 bits per heavy atom. The predicted octanol–water partition coefficient (Wildman–Crippen LogP) is 1.35. The molecule has 0 saturated heterocycles. The molecule has 0 amide bonds. The monoisotopic (exact) mass is 198 g/mol. The minimum absolute atomic E-state index is 0.253. The van der Waals surface area contributed by atoms with E-state index < -0.39 is 0 Å². The van der Waals surface area contributed by atoms with E-state index in [1.54, 1.807) is 13.3 Å². The molecule has 1 aromatic heterocycles. The summed E-state index contributed by atoms with van der Waals surface area (Å²) >= 11 is 0. The Morgan fingerprint density at radius 3 is 3.00 bits per heavy atom. The highest BCUT2D eigenvalue weighted by molar-refractivity contribution is 5.09. The van der Waals surface area contributed by atoms with E-state index in [-0.39, 0.29) is 11.9 Å². The van der Waals surface area contributed by atoms with Crippen molar-refractivity contribution in [1.82, 2.24) is 10.3 Å². The van der Waals surface area contributed by atoms with Crippen molar-refractivity contribution in [2.24, 2.45) is 0 Å². The fourth-order valence-electron chi connectivity index (χ4n) is 1.15. The number of hydrogen-bond donors (Lipinski definition) is 1. The summed E-state index contributed by atoms with van der Waals surface area (Å²) in [6, 6.07) is 1.72. The fourth-order valence-corrected chi connectivity index (χ4v) is 1.15. The first-order valence-electron chi connectivity index (χ1n) is 4.54. The highest BCUT2D eigenvalue weighted by Gasteiger charge is 2.01. The number of ether oxygens (including phenoxy) is 1. The van der Waals surface area contributed by atoms with Crippen molar-refractivity contribution in [1.29, 1.82) is 0 Å². The molecule has 1 atom stereocenters. The maximum Gasteiger partial charge on any atom is 0.141 e. The van der Waals surface area contributed by atoms with E-state index >= 15 is 0 Å². The van der Waals surface area contributed by atoms with Gasteiger partial charge < -0.3 is 10.1 Å². The first-order valence-corrected chi connectivity index (χ1v) is 4.54. The first-order chi connectivity index (χ1) is 6.72. The van der Waals surface area contributed by atoms with E-state index in [0.29, 0.717) is 13.2 Å². The molecule has 0 fully saturated rings. The summed E-state index contributed by atoms with van der Waals surface area (Å²) in [6.07, 6.45) is 2.84. The summed E-state index contributed by atoms with van der Waals surface area (Å²) in [4.78, 5) is 3.76. The van der Waals surface area contributed by atoms with Gasteiger partial charge in [-0.25, -0.2) is 4.39 Å². The van der Waals surface area contributed by atoms with Gasteiger partial charge in [-0.15, -0.1) is 0 Å². The van der Waals surface area contributed by atoms with E-state index in [2.05, 4.69) is 10.3 Å². The molecule has 4 heteroatoms. The van der Waals surface area contributed by atoms with Crippen LogP contribution in [-0.4, -0.2) is 24.7 Å². The lowest BCUT2D eigenvalue weighted by Crippen LogP contribution is -2.29. The van der Waals surface area contributed by atoms with Crippen molar-refractivity contribution in [3.63, 3.8) is 0 Å². The van der Waals surface area contributed by atoms with E-state index in [1.165, 1.54) is 12.3 Å². The minimum atomic E-state index is -0.302. The first kappa shape index (κ1) is 11.1. The molecule has 0 aromatic carbocycles. The Kier molecular flexibility index (Phi) is 4.49. The molecule has 14 heavy (non-hydrogen) atoms. The van der Waals surface area contributed by atoms with Crippen LogP contribution in [0.3, 0.4) is 0 Å².